The summed E-state index contributed by atoms with van der Waals surface area (Å²) >= 11 is 1.51. The van der Waals surface area contributed by atoms with Gasteiger partial charge in [0.15, 0.2) is 11.0 Å². The highest BCUT2D eigenvalue weighted by atomic mass is 32.2. The van der Waals surface area contributed by atoms with Crippen LogP contribution < -0.4 is 5.73 Å². The van der Waals surface area contributed by atoms with E-state index < -0.39 is 0 Å². The number of hydrogen-bond donors (Lipinski definition) is 1. The van der Waals surface area contributed by atoms with Crippen LogP contribution in [0.15, 0.2) is 29.4 Å². The van der Waals surface area contributed by atoms with Crippen LogP contribution in [0.2, 0.25) is 0 Å². The molecule has 0 bridgehead atoms. The molecule has 1 aromatic heterocycles. The number of rotatable bonds is 4. The van der Waals surface area contributed by atoms with Gasteiger partial charge in [-0.15, -0.1) is 10.2 Å². The van der Waals surface area contributed by atoms with Crippen LogP contribution >= 0.6 is 11.8 Å². The van der Waals surface area contributed by atoms with E-state index in [-0.39, 0.29) is 5.82 Å². The van der Waals surface area contributed by atoms with E-state index in [0.29, 0.717) is 17.9 Å². The first-order chi connectivity index (χ1) is 8.24. The molecule has 1 heterocycles. The van der Waals surface area contributed by atoms with Crippen LogP contribution in [0.1, 0.15) is 0 Å². The lowest BCUT2D eigenvalue weighted by Gasteiger charge is -2.03. The molecule has 17 heavy (non-hydrogen) atoms. The van der Waals surface area contributed by atoms with Gasteiger partial charge in [-0.2, -0.15) is 0 Å². The Labute approximate surface area is 103 Å². The predicted molar refractivity (Wildman–Crippen MR) is 66.2 cm³/mol. The van der Waals surface area contributed by atoms with Gasteiger partial charge in [0.25, 0.3) is 0 Å². The van der Waals surface area contributed by atoms with Gasteiger partial charge in [0.2, 0.25) is 0 Å². The molecule has 0 saturated carbocycles. The molecule has 4 nitrogen and oxygen atoms in total. The fourth-order valence-electron chi connectivity index (χ4n) is 1.47. The molecule has 0 atom stereocenters. The Balaban J connectivity index is 2.34. The summed E-state index contributed by atoms with van der Waals surface area (Å²) in [5, 5.41) is 8.78. The molecule has 90 valence electrons. The number of hydrogen-bond acceptors (Lipinski definition) is 4. The molecule has 2 rings (SSSR count). The van der Waals surface area contributed by atoms with E-state index in [2.05, 4.69) is 10.2 Å². The summed E-state index contributed by atoms with van der Waals surface area (Å²) in [6.45, 7) is 0.576. The molecule has 0 aliphatic heterocycles. The normalized spacial score (nSPS) is 10.8. The maximum Gasteiger partial charge on any atom is 0.191 e. The Kier molecular flexibility index (Phi) is 3.75. The summed E-state index contributed by atoms with van der Waals surface area (Å²) in [7, 11) is 1.82. The van der Waals surface area contributed by atoms with Crippen molar-refractivity contribution in [1.82, 2.24) is 14.8 Å². The fourth-order valence-corrected chi connectivity index (χ4v) is 2.15. The van der Waals surface area contributed by atoms with E-state index in [1.807, 2.05) is 7.05 Å². The van der Waals surface area contributed by atoms with Gasteiger partial charge < -0.3 is 10.3 Å². The molecule has 0 unspecified atom stereocenters. The third-order valence-corrected chi connectivity index (χ3v) is 3.35. The molecule has 0 fully saturated rings. The van der Waals surface area contributed by atoms with E-state index in [1.165, 1.54) is 17.8 Å². The number of nitrogens with two attached hydrogens (primary N) is 1. The van der Waals surface area contributed by atoms with Gasteiger partial charge in [-0.05, 0) is 12.1 Å². The first-order valence-electron chi connectivity index (χ1n) is 5.21. The molecule has 0 aliphatic carbocycles. The zero-order chi connectivity index (χ0) is 12.3. The topological polar surface area (TPSA) is 56.7 Å². The minimum atomic E-state index is -0.293. The third-order valence-electron chi connectivity index (χ3n) is 2.30. The molecule has 2 aromatic rings. The second kappa shape index (κ2) is 5.29. The number of benzene rings is 1. The molecule has 0 saturated heterocycles. The van der Waals surface area contributed by atoms with E-state index >= 15 is 0 Å². The number of thioether (sulfide) groups is 1. The van der Waals surface area contributed by atoms with Crippen LogP contribution in [0, 0.1) is 5.82 Å². The number of halogens is 1. The van der Waals surface area contributed by atoms with Crippen molar-refractivity contribution in [2.24, 2.45) is 12.8 Å². The first-order valence-corrected chi connectivity index (χ1v) is 6.19. The second-order valence-electron chi connectivity index (χ2n) is 3.48. The van der Waals surface area contributed by atoms with Crippen molar-refractivity contribution in [3.63, 3.8) is 0 Å². The van der Waals surface area contributed by atoms with Gasteiger partial charge in [0, 0.05) is 19.3 Å². The fraction of sp³-hybridized carbons (Fsp3) is 0.273. The standard InChI is InChI=1S/C11H13FN4S/c1-16-10(8-4-2-3-5-9(8)12)14-15-11(16)17-7-6-13/h2-5H,6-7,13H2,1H3. The van der Waals surface area contributed by atoms with Crippen LogP contribution in [0.25, 0.3) is 11.4 Å². The summed E-state index contributed by atoms with van der Waals surface area (Å²) in [6, 6.07) is 6.53. The number of nitrogens with zero attached hydrogens (tertiary/aromatic N) is 3. The Morgan fingerprint density at radius 1 is 1.35 bits per heavy atom. The van der Waals surface area contributed by atoms with E-state index in [4.69, 9.17) is 5.73 Å². The van der Waals surface area contributed by atoms with Crippen molar-refractivity contribution in [3.8, 4) is 11.4 Å². The maximum absolute atomic E-state index is 13.6. The highest BCUT2D eigenvalue weighted by Gasteiger charge is 2.13. The van der Waals surface area contributed by atoms with Crippen molar-refractivity contribution < 1.29 is 4.39 Å². The largest absolute Gasteiger partial charge is 0.330 e. The second-order valence-corrected chi connectivity index (χ2v) is 4.54. The molecule has 0 aliphatic rings. The minimum Gasteiger partial charge on any atom is -0.330 e. The lowest BCUT2D eigenvalue weighted by molar-refractivity contribution is 0.628. The monoisotopic (exact) mass is 252 g/mol. The van der Waals surface area contributed by atoms with E-state index in [0.717, 1.165) is 10.9 Å². The van der Waals surface area contributed by atoms with Crippen LogP contribution in [0.5, 0.6) is 0 Å². The first kappa shape index (κ1) is 12.1. The van der Waals surface area contributed by atoms with Crippen LogP contribution in [-0.2, 0) is 7.05 Å². The van der Waals surface area contributed by atoms with Crippen LogP contribution in [0.4, 0.5) is 4.39 Å². The molecular formula is C11H13FN4S. The SMILES string of the molecule is Cn1c(SCCN)nnc1-c1ccccc1F. The molecule has 6 heteroatoms. The van der Waals surface area contributed by atoms with Gasteiger partial charge in [0.05, 0.1) is 5.56 Å². The summed E-state index contributed by atoms with van der Waals surface area (Å²) in [5.41, 5.74) is 5.89. The molecule has 0 spiro atoms. The van der Waals surface area contributed by atoms with Gasteiger partial charge >= 0.3 is 0 Å². The Bertz CT molecular complexity index is 512. The Morgan fingerprint density at radius 3 is 2.82 bits per heavy atom. The van der Waals surface area contributed by atoms with Gasteiger partial charge in [-0.3, -0.25) is 0 Å². The van der Waals surface area contributed by atoms with Gasteiger partial charge in [0.1, 0.15) is 5.82 Å². The predicted octanol–water partition coefficient (Wildman–Crippen LogP) is 1.67. The highest BCUT2D eigenvalue weighted by molar-refractivity contribution is 7.99. The van der Waals surface area contributed by atoms with Gasteiger partial charge in [-0.25, -0.2) is 4.39 Å². The van der Waals surface area contributed by atoms with Crippen molar-refractivity contribution in [2.75, 3.05) is 12.3 Å². The number of aromatic nitrogens is 3. The smallest absolute Gasteiger partial charge is 0.191 e. The molecule has 2 N–H and O–H groups in total. The van der Waals surface area contributed by atoms with Crippen molar-refractivity contribution in [2.45, 2.75) is 5.16 Å². The van der Waals surface area contributed by atoms with Crippen molar-refractivity contribution >= 4 is 11.8 Å². The van der Waals surface area contributed by atoms with E-state index in [9.17, 15) is 4.39 Å². The van der Waals surface area contributed by atoms with Crippen molar-refractivity contribution in [1.29, 1.82) is 0 Å². The summed E-state index contributed by atoms with van der Waals surface area (Å²) in [6.07, 6.45) is 0. The summed E-state index contributed by atoms with van der Waals surface area (Å²) in [4.78, 5) is 0. The Hall–Kier alpha value is -1.40. The Morgan fingerprint density at radius 2 is 2.12 bits per heavy atom. The lowest BCUT2D eigenvalue weighted by atomic mass is 10.2. The highest BCUT2D eigenvalue weighted by Crippen LogP contribution is 2.24. The third kappa shape index (κ3) is 2.48. The zero-order valence-electron chi connectivity index (χ0n) is 9.43. The summed E-state index contributed by atoms with van der Waals surface area (Å²) in [5.74, 6) is 1.00. The average Bonchev–Trinajstić information content (AvgIpc) is 2.69. The van der Waals surface area contributed by atoms with Crippen LogP contribution in [0.3, 0.4) is 0 Å². The quantitative estimate of drug-likeness (QED) is 0.841. The summed E-state index contributed by atoms with van der Waals surface area (Å²) < 4.78 is 15.4. The molecule has 0 radical (unpaired) electrons. The molecule has 0 amide bonds. The van der Waals surface area contributed by atoms with Gasteiger partial charge in [-0.1, -0.05) is 23.9 Å². The minimum absolute atomic E-state index is 0.293. The molecular weight excluding hydrogens is 239 g/mol. The lowest BCUT2D eigenvalue weighted by Crippen LogP contribution is -2.03. The van der Waals surface area contributed by atoms with Crippen molar-refractivity contribution in [3.05, 3.63) is 30.1 Å². The molecule has 1 aromatic carbocycles. The van der Waals surface area contributed by atoms with E-state index in [1.54, 1.807) is 22.8 Å². The van der Waals surface area contributed by atoms with Crippen LogP contribution in [-0.4, -0.2) is 27.1 Å². The average molecular weight is 252 g/mol. The maximum atomic E-state index is 13.6. The zero-order valence-corrected chi connectivity index (χ0v) is 10.2.